The fraction of sp³-hybridized carbons (Fsp3) is 0.185. The number of hydrogen-bond donors (Lipinski definition) is 0. The Morgan fingerprint density at radius 2 is 0.424 bits per heavy atom. The van der Waals surface area contributed by atoms with E-state index in [0.717, 1.165) is 9.94 Å². The van der Waals surface area contributed by atoms with Gasteiger partial charge in [-0.1, -0.05) is 307 Å². The summed E-state index contributed by atoms with van der Waals surface area (Å²) in [6.45, 7) is 24.6. The molecule has 578 valence electrons. The maximum Gasteiger partial charge on any atom is 0.494 e. The zero-order chi connectivity index (χ0) is 81.3. The monoisotopic (exact) mass is 1600 g/mol. The molecule has 0 bridgehead atoms. The lowest BCUT2D eigenvalue weighted by molar-refractivity contribution is 0.00578. The minimum absolute atomic E-state index is 0.360. The van der Waals surface area contributed by atoms with Crippen molar-refractivity contribution in [2.75, 3.05) is 0 Å². The molecule has 3 aliphatic heterocycles. The second kappa shape index (κ2) is 29.2. The second-order valence-electron chi connectivity index (χ2n) is 35.5. The Labute approximate surface area is 703 Å². The van der Waals surface area contributed by atoms with Crippen molar-refractivity contribution in [1.82, 2.24) is 0 Å². The molecule has 0 radical (unpaired) electrons. The highest BCUT2D eigenvalue weighted by molar-refractivity contribution is 9.10. The minimum Gasteiger partial charge on any atom is -0.405 e. The van der Waals surface area contributed by atoms with Crippen molar-refractivity contribution in [3.8, 4) is 66.8 Å². The van der Waals surface area contributed by atoms with Crippen LogP contribution in [0.4, 0.5) is 0 Å². The van der Waals surface area contributed by atoms with Crippen LogP contribution in [0.15, 0.2) is 356 Å². The molecule has 10 heteroatoms. The fourth-order valence-corrected chi connectivity index (χ4v) is 18.6. The average molecular weight is 1600 g/mol. The van der Waals surface area contributed by atoms with Crippen molar-refractivity contribution in [2.24, 2.45) is 0 Å². The average Bonchev–Trinajstić information content (AvgIpc) is 1.52. The fourth-order valence-electron chi connectivity index (χ4n) is 18.4. The molecule has 0 N–H and O–H groups in total. The molecular weight excluding hydrogens is 1510 g/mol. The number of hydrogen-bond acceptors (Lipinski definition) is 6. The molecule has 0 unspecified atom stereocenters. The molecular formula is C108H94B3BrO6. The second-order valence-corrected chi connectivity index (χ2v) is 36.4. The summed E-state index contributed by atoms with van der Waals surface area (Å²) >= 11 is 3.72. The van der Waals surface area contributed by atoms with Gasteiger partial charge in [0, 0.05) is 4.47 Å². The van der Waals surface area contributed by atoms with Crippen molar-refractivity contribution in [3.63, 3.8) is 0 Å². The molecule has 0 amide bonds. The first-order valence-electron chi connectivity index (χ1n) is 41.4. The van der Waals surface area contributed by atoms with Gasteiger partial charge in [-0.05, 0) is 304 Å². The lowest BCUT2D eigenvalue weighted by atomic mass is 9.49. The predicted molar refractivity (Wildman–Crippen MR) is 495 cm³/mol. The van der Waals surface area contributed by atoms with Crippen LogP contribution >= 0.6 is 15.9 Å². The van der Waals surface area contributed by atoms with Gasteiger partial charge >= 0.3 is 21.1 Å². The molecule has 0 aromatic heterocycles. The van der Waals surface area contributed by atoms with Gasteiger partial charge in [0.1, 0.15) is 0 Å². The molecule has 5 aliphatic rings. The molecule has 3 heterocycles. The summed E-state index contributed by atoms with van der Waals surface area (Å²) in [5, 5.41) is 10.0. The molecule has 21 rings (SSSR count). The number of rotatable bonds is 10. The van der Waals surface area contributed by atoms with Crippen molar-refractivity contribution in [3.05, 3.63) is 401 Å². The highest BCUT2D eigenvalue weighted by Gasteiger charge is 2.64. The van der Waals surface area contributed by atoms with Crippen molar-refractivity contribution in [2.45, 2.75) is 128 Å². The van der Waals surface area contributed by atoms with Crippen LogP contribution in [0.25, 0.3) is 110 Å². The topological polar surface area (TPSA) is 55.4 Å². The van der Waals surface area contributed by atoms with E-state index in [-0.39, 0.29) is 22.4 Å². The third kappa shape index (κ3) is 13.1. The van der Waals surface area contributed by atoms with E-state index < -0.39 is 43.2 Å². The van der Waals surface area contributed by atoms with Crippen LogP contribution in [-0.2, 0) is 38.8 Å². The standard InChI is InChI=1S/C51H41BO2.C45H29Br.C12H24B2O4/c1-49(2)50(3,4)54-52(53-49)44-26-24-43(25-27-44)51(42-16-6-5-7-17-42)47-32-40(38-20-18-34-12-8-10-14-36(34)30-38)22-28-45(47)46-29-23-41(33-48(46)51)39-21-19-35-13-9-11-15-37(35)31-39;46-40-22-20-39(21-23-40)45(38-12-2-1-3-13-38)43-28-36(34-16-14-30-8-4-6-10-32(30)26-34)18-24-41(43)42-25-19-37(29-44(42)45)35-17-15-31-9-5-7-11-33(31)27-35;1-9(2)10(3,4)16-13(15-9)14-17-11(5,6)12(7,8)18-14/h5-33H,1-4H3;1-29H;1-8H3. The molecule has 3 fully saturated rings. The molecule has 3 saturated heterocycles. The van der Waals surface area contributed by atoms with Gasteiger partial charge in [-0.15, -0.1) is 0 Å². The third-order valence-electron chi connectivity index (χ3n) is 26.9. The van der Waals surface area contributed by atoms with Crippen LogP contribution in [0, 0.1) is 0 Å². The Kier molecular flexibility index (Phi) is 19.0. The normalized spacial score (nSPS) is 17.5. The van der Waals surface area contributed by atoms with E-state index in [1.54, 1.807) is 0 Å². The molecule has 0 spiro atoms. The van der Waals surface area contributed by atoms with Gasteiger partial charge in [0.15, 0.2) is 0 Å². The number of benzene rings is 16. The molecule has 16 aromatic carbocycles. The zero-order valence-electron chi connectivity index (χ0n) is 69.0. The van der Waals surface area contributed by atoms with Gasteiger partial charge in [0.2, 0.25) is 0 Å². The summed E-state index contributed by atoms with van der Waals surface area (Å²) in [6.07, 6.45) is 0. The Balaban J connectivity index is 0.000000131. The van der Waals surface area contributed by atoms with E-state index in [2.05, 4.69) is 395 Å². The predicted octanol–water partition coefficient (Wildman–Crippen LogP) is 26.7. The van der Waals surface area contributed by atoms with Gasteiger partial charge in [-0.3, -0.25) is 0 Å². The molecule has 118 heavy (non-hydrogen) atoms. The molecule has 6 nitrogen and oxygen atoms in total. The first-order chi connectivity index (χ1) is 56.8. The number of halogens is 1. The summed E-state index contributed by atoms with van der Waals surface area (Å²) in [5.74, 6) is 0. The summed E-state index contributed by atoms with van der Waals surface area (Å²) in [5.41, 5.74) is 22.7. The van der Waals surface area contributed by atoms with Crippen LogP contribution in [0.1, 0.15) is 128 Å². The summed E-state index contributed by atoms with van der Waals surface area (Å²) in [4.78, 5) is 0. The Hall–Kier alpha value is -11.0. The Morgan fingerprint density at radius 1 is 0.203 bits per heavy atom. The van der Waals surface area contributed by atoms with E-state index in [1.807, 2.05) is 55.4 Å². The van der Waals surface area contributed by atoms with E-state index in [4.69, 9.17) is 27.9 Å². The van der Waals surface area contributed by atoms with Crippen LogP contribution < -0.4 is 5.46 Å². The van der Waals surface area contributed by atoms with Crippen molar-refractivity contribution < 1.29 is 27.9 Å². The zero-order valence-corrected chi connectivity index (χ0v) is 70.6. The Morgan fingerprint density at radius 3 is 0.703 bits per heavy atom. The van der Waals surface area contributed by atoms with Crippen LogP contribution in [0.3, 0.4) is 0 Å². The van der Waals surface area contributed by atoms with Gasteiger partial charge in [-0.2, -0.15) is 0 Å². The molecule has 0 atom stereocenters. The minimum atomic E-state index is -0.583. The first kappa shape index (κ1) is 76.9. The number of fused-ring (bicyclic) bond motifs is 10. The molecule has 2 aliphatic carbocycles. The first-order valence-corrected chi connectivity index (χ1v) is 42.2. The Bertz CT molecular complexity index is 6230. The smallest absolute Gasteiger partial charge is 0.405 e. The van der Waals surface area contributed by atoms with Gasteiger partial charge in [0.25, 0.3) is 0 Å². The summed E-state index contributed by atoms with van der Waals surface area (Å²) < 4.78 is 37.9. The highest BCUT2D eigenvalue weighted by atomic mass is 79.9. The van der Waals surface area contributed by atoms with Gasteiger partial charge in [0.05, 0.1) is 44.4 Å². The highest BCUT2D eigenvalue weighted by Crippen LogP contribution is 2.60. The quantitative estimate of drug-likeness (QED) is 0.127. The summed E-state index contributed by atoms with van der Waals surface area (Å²) in [7, 11) is -1.38. The van der Waals surface area contributed by atoms with Crippen LogP contribution in [0.5, 0.6) is 0 Å². The maximum absolute atomic E-state index is 6.51. The maximum atomic E-state index is 6.51. The molecule has 16 aromatic rings. The summed E-state index contributed by atoms with van der Waals surface area (Å²) in [6, 6.07) is 130. The third-order valence-corrected chi connectivity index (χ3v) is 27.5. The molecule has 0 saturated carbocycles. The van der Waals surface area contributed by atoms with E-state index in [1.165, 1.54) is 154 Å². The van der Waals surface area contributed by atoms with Gasteiger partial charge in [-0.25, -0.2) is 0 Å². The van der Waals surface area contributed by atoms with E-state index in [0.29, 0.717) is 0 Å². The SMILES string of the molecule is Brc1ccc(C2(c3ccccc3)c3cc(-c4ccc5ccccc5c4)ccc3-c3ccc(-c4ccc5ccccc5c4)cc32)cc1.CC1(C)OB(B2OC(C)(C)C(C)(C)O2)OC1(C)C.CC1(C)OB(c2ccc(C3(c4ccccc4)c4cc(-c5ccc6ccccc6c5)ccc4-c4ccc(-c5ccc6ccccc6c5)cc43)cc2)OC1(C)C. The van der Waals surface area contributed by atoms with Crippen LogP contribution in [0.2, 0.25) is 0 Å². The van der Waals surface area contributed by atoms with Crippen LogP contribution in [-0.4, -0.2) is 54.7 Å². The van der Waals surface area contributed by atoms with Crippen molar-refractivity contribution >= 4 is 85.6 Å². The largest absolute Gasteiger partial charge is 0.494 e. The van der Waals surface area contributed by atoms with Crippen molar-refractivity contribution in [1.29, 1.82) is 0 Å². The van der Waals surface area contributed by atoms with Gasteiger partial charge < -0.3 is 27.9 Å². The lowest BCUT2D eigenvalue weighted by Gasteiger charge is -2.34. The van der Waals surface area contributed by atoms with E-state index >= 15 is 0 Å². The lowest BCUT2D eigenvalue weighted by Crippen LogP contribution is -2.41. The van der Waals surface area contributed by atoms with E-state index in [9.17, 15) is 0 Å².